The molecule has 0 aliphatic carbocycles. The van der Waals surface area contributed by atoms with E-state index < -0.39 is 11.9 Å². The van der Waals surface area contributed by atoms with Crippen molar-refractivity contribution in [3.8, 4) is 0 Å². The van der Waals surface area contributed by atoms with Crippen LogP contribution in [-0.4, -0.2) is 51.3 Å². The molecule has 0 fully saturated rings. The highest BCUT2D eigenvalue weighted by molar-refractivity contribution is 8.32. The number of hydrogen-bond donors (Lipinski definition) is 2. The average Bonchev–Trinajstić information content (AvgIpc) is 1.80. The topological polar surface area (TPSA) is 74.6 Å². The Labute approximate surface area is 83.0 Å². The third-order valence-electron chi connectivity index (χ3n) is 1.14. The molecule has 0 saturated carbocycles. The molecular weight excluding hydrogens is 212 g/mol. The average molecular weight is 226 g/mol. The van der Waals surface area contributed by atoms with Crippen molar-refractivity contribution in [2.45, 2.75) is 0 Å². The molecule has 0 aliphatic rings. The Kier molecular flexibility index (Phi) is 5.98. The van der Waals surface area contributed by atoms with E-state index in [2.05, 4.69) is 0 Å². The summed E-state index contributed by atoms with van der Waals surface area (Å²) >= 11 is 0. The molecule has 0 aromatic carbocycles. The van der Waals surface area contributed by atoms with Gasteiger partial charge >= 0.3 is 11.9 Å². The zero-order valence-electron chi connectivity index (χ0n) is 7.65. The fourth-order valence-corrected chi connectivity index (χ4v) is 5.11. The Morgan fingerprint density at radius 3 is 1.54 bits per heavy atom. The van der Waals surface area contributed by atoms with Gasteiger partial charge in [0.05, 0.1) is 11.5 Å². The van der Waals surface area contributed by atoms with Crippen LogP contribution in [0.4, 0.5) is 0 Å². The van der Waals surface area contributed by atoms with Crippen molar-refractivity contribution in [1.29, 1.82) is 0 Å². The third-order valence-corrected chi connectivity index (χ3v) is 5.84. The number of carboxylic acid groups (broad SMARTS) is 2. The summed E-state index contributed by atoms with van der Waals surface area (Å²) < 4.78 is 0. The molecule has 0 heterocycles. The zero-order chi connectivity index (χ0) is 10.4. The normalized spacial score (nSPS) is 10.8. The largest absolute Gasteiger partial charge is 0.481 e. The smallest absolute Gasteiger partial charge is 0.312 e. The first-order chi connectivity index (χ1) is 5.91. The van der Waals surface area contributed by atoms with E-state index in [0.717, 1.165) is 0 Å². The van der Waals surface area contributed by atoms with Gasteiger partial charge in [-0.05, 0) is 12.5 Å². The molecule has 0 unspecified atom stereocenters. The minimum absolute atomic E-state index is 0.150. The summed E-state index contributed by atoms with van der Waals surface area (Å²) in [6.45, 7) is 0. The Bertz CT molecular complexity index is 175. The number of aliphatic carboxylic acids is 2. The second-order valence-corrected chi connectivity index (χ2v) is 7.40. The Morgan fingerprint density at radius 2 is 1.31 bits per heavy atom. The van der Waals surface area contributed by atoms with Gasteiger partial charge < -0.3 is 10.2 Å². The van der Waals surface area contributed by atoms with E-state index in [-0.39, 0.29) is 33.3 Å². The summed E-state index contributed by atoms with van der Waals surface area (Å²) in [6.07, 6.45) is 3.72. The van der Waals surface area contributed by atoms with E-state index in [9.17, 15) is 9.59 Å². The fourth-order valence-electron chi connectivity index (χ4n) is 0.848. The van der Waals surface area contributed by atoms with Crippen LogP contribution in [0.5, 0.6) is 0 Å². The predicted octanol–water partition coefficient (Wildman–Crippen LogP) is 0.910. The quantitative estimate of drug-likeness (QED) is 0.706. The summed E-state index contributed by atoms with van der Waals surface area (Å²) in [5.74, 6) is -1.31. The number of hydrogen-bond acceptors (Lipinski definition) is 2. The van der Waals surface area contributed by atoms with E-state index in [4.69, 9.17) is 10.2 Å². The van der Waals surface area contributed by atoms with Crippen LogP contribution in [0.3, 0.4) is 0 Å². The maximum atomic E-state index is 10.3. The summed E-state index contributed by atoms with van der Waals surface area (Å²) in [5.41, 5.74) is 0. The second-order valence-electron chi connectivity index (χ2n) is 2.76. The lowest BCUT2D eigenvalue weighted by Crippen LogP contribution is -2.08. The molecule has 4 nitrogen and oxygen atoms in total. The van der Waals surface area contributed by atoms with Crippen LogP contribution in [0.15, 0.2) is 0 Å². The van der Waals surface area contributed by atoms with E-state index in [1.54, 1.807) is 0 Å². The van der Waals surface area contributed by atoms with Crippen LogP contribution in [0.1, 0.15) is 0 Å². The van der Waals surface area contributed by atoms with Crippen molar-refractivity contribution in [2.75, 3.05) is 29.1 Å². The first kappa shape index (κ1) is 12.6. The molecule has 78 valence electrons. The zero-order valence-corrected chi connectivity index (χ0v) is 9.28. The highest BCUT2D eigenvalue weighted by Gasteiger charge is 2.10. The van der Waals surface area contributed by atoms with Crippen molar-refractivity contribution < 1.29 is 19.8 Å². The van der Waals surface area contributed by atoms with Crippen LogP contribution < -0.4 is 0 Å². The van der Waals surface area contributed by atoms with Crippen LogP contribution in [-0.2, 0) is 9.59 Å². The van der Waals surface area contributed by atoms with Gasteiger partial charge in [0.2, 0.25) is 0 Å². The SMILES string of the molecule is C[S](CC(=O)O)C[S](C)CC(=O)O. The van der Waals surface area contributed by atoms with Gasteiger partial charge in [-0.2, -0.15) is 21.8 Å². The van der Waals surface area contributed by atoms with Gasteiger partial charge in [0.25, 0.3) is 0 Å². The minimum Gasteiger partial charge on any atom is -0.481 e. The van der Waals surface area contributed by atoms with Gasteiger partial charge in [0.1, 0.15) is 0 Å². The molecule has 2 radical (unpaired) electrons. The molecular formula is C7H14O4S2. The molecule has 0 aliphatic heterocycles. The second kappa shape index (κ2) is 6.15. The van der Waals surface area contributed by atoms with Crippen LogP contribution in [0, 0.1) is 0 Å². The van der Waals surface area contributed by atoms with Crippen LogP contribution in [0.25, 0.3) is 0 Å². The third kappa shape index (κ3) is 7.98. The fraction of sp³-hybridized carbons (Fsp3) is 0.714. The van der Waals surface area contributed by atoms with Gasteiger partial charge in [-0.25, -0.2) is 0 Å². The van der Waals surface area contributed by atoms with E-state index >= 15 is 0 Å². The van der Waals surface area contributed by atoms with Crippen molar-refractivity contribution >= 4 is 33.7 Å². The molecule has 13 heavy (non-hydrogen) atoms. The standard InChI is InChI=1S/C7H14O4S2/c1-12(3-6(8)9)5-13(2)4-7(10)11/h3-5H2,1-2H3,(H,8,9)(H,10,11). The first-order valence-corrected chi connectivity index (χ1v) is 7.48. The number of carboxylic acids is 2. The lowest BCUT2D eigenvalue weighted by Gasteiger charge is -2.17. The summed E-state index contributed by atoms with van der Waals surface area (Å²) in [4.78, 5) is 20.6. The lowest BCUT2D eigenvalue weighted by atomic mass is 10.8. The molecule has 0 amide bonds. The van der Waals surface area contributed by atoms with E-state index in [1.165, 1.54) is 0 Å². The van der Waals surface area contributed by atoms with Gasteiger partial charge in [0.15, 0.2) is 0 Å². The van der Waals surface area contributed by atoms with Gasteiger partial charge in [-0.1, -0.05) is 0 Å². The number of carbonyl (C=O) groups is 2. The van der Waals surface area contributed by atoms with Crippen molar-refractivity contribution in [2.24, 2.45) is 0 Å². The van der Waals surface area contributed by atoms with Gasteiger partial charge in [-0.3, -0.25) is 9.59 Å². The van der Waals surface area contributed by atoms with E-state index in [0.29, 0.717) is 5.08 Å². The molecule has 0 aromatic rings. The predicted molar refractivity (Wildman–Crippen MR) is 56.9 cm³/mol. The summed E-state index contributed by atoms with van der Waals surface area (Å²) in [5, 5.41) is 17.7. The van der Waals surface area contributed by atoms with E-state index in [1.807, 2.05) is 12.5 Å². The van der Waals surface area contributed by atoms with Crippen LogP contribution in [0.2, 0.25) is 0 Å². The molecule has 0 spiro atoms. The summed E-state index contributed by atoms with van der Waals surface area (Å²) in [7, 11) is -0.394. The van der Waals surface area contributed by atoms with Crippen molar-refractivity contribution in [3.63, 3.8) is 0 Å². The van der Waals surface area contributed by atoms with Crippen molar-refractivity contribution in [3.05, 3.63) is 0 Å². The lowest BCUT2D eigenvalue weighted by molar-refractivity contribution is -0.134. The summed E-state index contributed by atoms with van der Waals surface area (Å²) in [6, 6.07) is 0. The molecule has 6 heteroatoms. The van der Waals surface area contributed by atoms with Gasteiger partial charge in [0, 0.05) is 5.08 Å². The monoisotopic (exact) mass is 226 g/mol. The molecule has 0 aromatic heterocycles. The minimum atomic E-state index is -0.807. The van der Waals surface area contributed by atoms with Crippen LogP contribution >= 0.6 is 21.8 Å². The maximum Gasteiger partial charge on any atom is 0.312 e. The van der Waals surface area contributed by atoms with Gasteiger partial charge in [-0.15, -0.1) is 0 Å². The highest BCUT2D eigenvalue weighted by Crippen LogP contribution is 2.33. The van der Waals surface area contributed by atoms with Crippen molar-refractivity contribution in [1.82, 2.24) is 0 Å². The molecule has 0 atom stereocenters. The molecule has 0 bridgehead atoms. The first-order valence-electron chi connectivity index (χ1n) is 3.53. The Balaban J connectivity index is 3.70. The Morgan fingerprint density at radius 1 is 1.00 bits per heavy atom. The number of rotatable bonds is 6. The highest BCUT2D eigenvalue weighted by atomic mass is 32.3. The molecule has 2 N–H and O–H groups in total. The maximum absolute atomic E-state index is 10.3. The Hall–Kier alpha value is -0.360. The molecule has 0 rings (SSSR count). The molecule has 0 saturated heterocycles.